The number of hydrogen-bond donors (Lipinski definition) is 1. The van der Waals surface area contributed by atoms with Crippen LogP contribution in [0, 0.1) is 5.92 Å². The summed E-state index contributed by atoms with van der Waals surface area (Å²) in [4.78, 5) is 18.4. The van der Waals surface area contributed by atoms with E-state index in [9.17, 15) is 13.6 Å². The number of tetrazole rings is 1. The number of benzene rings is 1. The van der Waals surface area contributed by atoms with E-state index in [1.165, 1.54) is 16.9 Å². The van der Waals surface area contributed by atoms with Gasteiger partial charge in [0.05, 0.1) is 13.0 Å². The lowest BCUT2D eigenvalue weighted by atomic mass is 9.83. The van der Waals surface area contributed by atoms with Gasteiger partial charge in [0.25, 0.3) is 0 Å². The summed E-state index contributed by atoms with van der Waals surface area (Å²) < 4.78 is 27.9. The fourth-order valence-corrected chi connectivity index (χ4v) is 4.36. The summed E-state index contributed by atoms with van der Waals surface area (Å²) in [5.41, 5.74) is 1.68. The minimum Gasteiger partial charge on any atom is -0.325 e. The van der Waals surface area contributed by atoms with Gasteiger partial charge in [0.2, 0.25) is 17.7 Å². The number of anilines is 1. The van der Waals surface area contributed by atoms with Crippen LogP contribution in [0.15, 0.2) is 36.4 Å². The van der Waals surface area contributed by atoms with Crippen molar-refractivity contribution in [3.8, 4) is 11.4 Å². The normalized spacial score (nSPS) is 18.7. The predicted molar refractivity (Wildman–Crippen MR) is 112 cm³/mol. The van der Waals surface area contributed by atoms with Gasteiger partial charge in [-0.3, -0.25) is 4.79 Å². The van der Waals surface area contributed by atoms with E-state index in [2.05, 4.69) is 25.7 Å². The van der Waals surface area contributed by atoms with E-state index < -0.39 is 23.7 Å². The van der Waals surface area contributed by atoms with Crippen molar-refractivity contribution in [2.24, 2.45) is 13.0 Å². The van der Waals surface area contributed by atoms with Gasteiger partial charge in [-0.15, -0.1) is 10.2 Å². The lowest BCUT2D eigenvalue weighted by Crippen LogP contribution is -2.27. The van der Waals surface area contributed by atoms with Gasteiger partial charge in [0, 0.05) is 24.1 Å². The van der Waals surface area contributed by atoms with Crippen LogP contribution in [0.3, 0.4) is 0 Å². The molecule has 0 bridgehead atoms. The fourth-order valence-electron chi connectivity index (χ4n) is 3.90. The number of hydrogen-bond acceptors (Lipinski definition) is 5. The lowest BCUT2D eigenvalue weighted by Gasteiger charge is -2.23. The van der Waals surface area contributed by atoms with Crippen molar-refractivity contribution >= 4 is 34.8 Å². The summed E-state index contributed by atoms with van der Waals surface area (Å²) in [5, 5.41) is 14.9. The minimum atomic E-state index is -2.78. The van der Waals surface area contributed by atoms with Gasteiger partial charge >= 0.3 is 0 Å². The molecule has 2 atom stereocenters. The van der Waals surface area contributed by atoms with Crippen molar-refractivity contribution in [1.29, 1.82) is 0 Å². The quantitative estimate of drug-likeness (QED) is 0.548. The van der Waals surface area contributed by atoms with Crippen LogP contribution in [0.1, 0.15) is 30.7 Å². The van der Waals surface area contributed by atoms with Crippen molar-refractivity contribution in [3.05, 3.63) is 52.3 Å². The number of rotatable bonds is 5. The number of nitrogens with zero attached hydrogens (tertiary/aromatic N) is 5. The molecule has 1 aromatic carbocycles. The van der Waals surface area contributed by atoms with Crippen molar-refractivity contribution in [3.63, 3.8) is 0 Å². The van der Waals surface area contributed by atoms with Crippen LogP contribution in [0.5, 0.6) is 0 Å². The Bertz CT molecular complexity index is 1090. The molecule has 7 nitrogen and oxygen atoms in total. The first-order chi connectivity index (χ1) is 14.7. The van der Waals surface area contributed by atoms with Crippen LogP contribution in [0.2, 0.25) is 10.3 Å². The van der Waals surface area contributed by atoms with Crippen molar-refractivity contribution in [1.82, 2.24) is 25.2 Å². The topological polar surface area (TPSA) is 85.6 Å². The molecule has 1 saturated carbocycles. The summed E-state index contributed by atoms with van der Waals surface area (Å²) >= 11 is 11.8. The first kappa shape index (κ1) is 21.6. The fraction of sp³-hybridized carbons (Fsp3) is 0.350. The molecule has 0 saturated heterocycles. The second kappa shape index (κ2) is 8.47. The third-order valence-corrected chi connectivity index (χ3v) is 5.65. The minimum absolute atomic E-state index is 0.118. The molecule has 162 valence electrons. The zero-order chi connectivity index (χ0) is 22.2. The smallest absolute Gasteiger partial charge is 0.248 e. The number of halogens is 4. The summed E-state index contributed by atoms with van der Waals surface area (Å²) in [6.45, 7) is 0. The number of amides is 1. The molecule has 31 heavy (non-hydrogen) atoms. The van der Waals surface area contributed by atoms with Crippen LogP contribution in [-0.2, 0) is 11.8 Å². The van der Waals surface area contributed by atoms with E-state index in [1.807, 2.05) is 0 Å². The van der Waals surface area contributed by atoms with Gasteiger partial charge in [0.1, 0.15) is 10.3 Å². The maximum atomic E-state index is 14.0. The Morgan fingerprint density at radius 1 is 1.23 bits per heavy atom. The molecule has 0 aliphatic heterocycles. The molecule has 1 amide bonds. The van der Waals surface area contributed by atoms with Gasteiger partial charge in [-0.1, -0.05) is 47.5 Å². The van der Waals surface area contributed by atoms with Crippen LogP contribution in [0.4, 0.5) is 14.5 Å². The van der Waals surface area contributed by atoms with Gasteiger partial charge < -0.3 is 5.32 Å². The summed E-state index contributed by atoms with van der Waals surface area (Å²) in [6, 6.07) is 9.88. The number of aromatic nitrogens is 5. The van der Waals surface area contributed by atoms with Crippen LogP contribution < -0.4 is 5.32 Å². The van der Waals surface area contributed by atoms with Gasteiger partial charge in [-0.05, 0) is 35.2 Å². The average molecular weight is 467 g/mol. The van der Waals surface area contributed by atoms with E-state index in [4.69, 9.17) is 23.2 Å². The first-order valence-electron chi connectivity index (χ1n) is 9.56. The number of carbonyl (C=O) groups excluding carboxylic acids is 1. The molecule has 4 rings (SSSR count). The van der Waals surface area contributed by atoms with E-state index in [1.54, 1.807) is 31.3 Å². The third kappa shape index (κ3) is 4.99. The van der Waals surface area contributed by atoms with E-state index in [0.717, 1.165) is 0 Å². The zero-order valence-corrected chi connectivity index (χ0v) is 17.9. The Morgan fingerprint density at radius 2 is 1.90 bits per heavy atom. The first-order valence-corrected chi connectivity index (χ1v) is 10.3. The monoisotopic (exact) mass is 466 g/mol. The van der Waals surface area contributed by atoms with Crippen molar-refractivity contribution < 1.29 is 13.6 Å². The standard InChI is InChI=1S/C20H18Cl2F2N6O/c1-30-28-18(27-29-30)12-4-2-11(3-5-12)17(13-6-7-20(23,24)10-13)19(31)25-14-8-15(21)26-16(22)9-14/h2-5,8-9,13,17H,6-7,10H2,1H3,(H,25,26,31). The number of pyridine rings is 1. The number of aryl methyl sites for hydroxylation is 1. The Kier molecular flexibility index (Phi) is 5.90. The Balaban J connectivity index is 1.63. The van der Waals surface area contributed by atoms with Crippen LogP contribution >= 0.6 is 23.2 Å². The van der Waals surface area contributed by atoms with Gasteiger partial charge in [0.15, 0.2) is 0 Å². The zero-order valence-electron chi connectivity index (χ0n) is 16.4. The molecule has 0 radical (unpaired) electrons. The van der Waals surface area contributed by atoms with E-state index in [0.29, 0.717) is 22.6 Å². The molecule has 3 aromatic rings. The number of alkyl halides is 2. The molecule has 2 unspecified atom stereocenters. The number of carbonyl (C=O) groups is 1. The molecular weight excluding hydrogens is 449 g/mol. The van der Waals surface area contributed by atoms with Crippen LogP contribution in [-0.4, -0.2) is 37.0 Å². The maximum absolute atomic E-state index is 14.0. The second-order valence-electron chi connectivity index (χ2n) is 7.55. The highest BCUT2D eigenvalue weighted by atomic mass is 35.5. The van der Waals surface area contributed by atoms with E-state index in [-0.39, 0.29) is 29.6 Å². The molecule has 2 heterocycles. The molecule has 11 heteroatoms. The molecule has 2 aromatic heterocycles. The average Bonchev–Trinajstić information content (AvgIpc) is 3.27. The van der Waals surface area contributed by atoms with Gasteiger partial charge in [-0.2, -0.15) is 4.80 Å². The summed E-state index contributed by atoms with van der Waals surface area (Å²) in [7, 11) is 1.66. The molecule has 1 fully saturated rings. The SMILES string of the molecule is Cn1nnc(-c2ccc(C(C(=O)Nc3cc(Cl)nc(Cl)c3)C3CCC(F)(F)C3)cc2)n1. The Hall–Kier alpha value is -2.65. The van der Waals surface area contributed by atoms with Crippen molar-refractivity contribution in [2.45, 2.75) is 31.1 Å². The summed E-state index contributed by atoms with van der Waals surface area (Å²) in [6.07, 6.45) is -0.344. The summed E-state index contributed by atoms with van der Waals surface area (Å²) in [5.74, 6) is -4.04. The van der Waals surface area contributed by atoms with Gasteiger partial charge in [-0.25, -0.2) is 13.8 Å². The second-order valence-corrected chi connectivity index (χ2v) is 8.33. The highest BCUT2D eigenvalue weighted by Crippen LogP contribution is 2.46. The molecular formula is C20H18Cl2F2N6O. The maximum Gasteiger partial charge on any atom is 0.248 e. The Labute approximate surface area is 186 Å². The van der Waals surface area contributed by atoms with Crippen LogP contribution in [0.25, 0.3) is 11.4 Å². The molecule has 0 spiro atoms. The lowest BCUT2D eigenvalue weighted by molar-refractivity contribution is -0.118. The third-order valence-electron chi connectivity index (χ3n) is 5.26. The molecule has 1 aliphatic carbocycles. The predicted octanol–water partition coefficient (Wildman–Crippen LogP) is 4.74. The highest BCUT2D eigenvalue weighted by molar-refractivity contribution is 6.33. The Morgan fingerprint density at radius 3 is 2.45 bits per heavy atom. The number of nitrogens with one attached hydrogen (secondary N) is 1. The highest BCUT2D eigenvalue weighted by Gasteiger charge is 2.45. The molecule has 1 N–H and O–H groups in total. The van der Waals surface area contributed by atoms with E-state index >= 15 is 0 Å². The van der Waals surface area contributed by atoms with Crippen molar-refractivity contribution in [2.75, 3.05) is 5.32 Å². The molecule has 1 aliphatic rings. The largest absolute Gasteiger partial charge is 0.325 e.